The molecular weight excluding hydrogens is 288 g/mol. The van der Waals surface area contributed by atoms with Crippen LogP contribution in [0.3, 0.4) is 0 Å². The molecule has 0 aliphatic carbocycles. The quantitative estimate of drug-likeness (QED) is 0.869. The Bertz CT molecular complexity index is 504. The fraction of sp³-hybridized carbons (Fsp3) is 0.636. The van der Waals surface area contributed by atoms with Gasteiger partial charge in [0.05, 0.1) is 4.90 Å². The van der Waals surface area contributed by atoms with Gasteiger partial charge in [0.2, 0.25) is 10.0 Å². The van der Waals surface area contributed by atoms with Crippen molar-refractivity contribution in [1.29, 1.82) is 0 Å². The minimum Gasteiger partial charge on any atom is -0.326 e. The third-order valence-corrected chi connectivity index (χ3v) is 7.21. The monoisotopic (exact) mass is 306 g/mol. The average molecular weight is 306 g/mol. The normalized spacial score (nSPS) is 24.6. The van der Waals surface area contributed by atoms with Crippen LogP contribution >= 0.6 is 23.1 Å². The van der Waals surface area contributed by atoms with E-state index in [1.165, 1.54) is 11.3 Å². The third kappa shape index (κ3) is 3.08. The summed E-state index contributed by atoms with van der Waals surface area (Å²) in [4.78, 5) is 1.05. The number of sulfonamides is 1. The Labute approximate surface area is 116 Å². The zero-order valence-electron chi connectivity index (χ0n) is 10.3. The number of thiophene rings is 1. The SMILES string of the molecule is CC1(CNS(=O)(=O)c2ccsc2CN)CCCS1. The molecule has 1 unspecified atom stereocenters. The summed E-state index contributed by atoms with van der Waals surface area (Å²) in [5.74, 6) is 1.12. The molecule has 102 valence electrons. The molecule has 0 aromatic carbocycles. The summed E-state index contributed by atoms with van der Waals surface area (Å²) in [5, 5.41) is 1.77. The predicted octanol–water partition coefficient (Wildman–Crippen LogP) is 1.77. The van der Waals surface area contributed by atoms with E-state index in [2.05, 4.69) is 11.6 Å². The molecule has 0 saturated carbocycles. The van der Waals surface area contributed by atoms with Gasteiger partial charge in [-0.25, -0.2) is 13.1 Å². The molecule has 4 nitrogen and oxygen atoms in total. The summed E-state index contributed by atoms with van der Waals surface area (Å²) in [7, 11) is -3.42. The maximum absolute atomic E-state index is 12.2. The number of hydrogen-bond donors (Lipinski definition) is 2. The van der Waals surface area contributed by atoms with E-state index in [-0.39, 0.29) is 11.3 Å². The Morgan fingerprint density at radius 1 is 1.56 bits per heavy atom. The summed E-state index contributed by atoms with van der Waals surface area (Å²) in [6, 6.07) is 1.62. The first-order valence-electron chi connectivity index (χ1n) is 5.87. The molecule has 1 saturated heterocycles. The van der Waals surface area contributed by atoms with Crippen LogP contribution in [0.5, 0.6) is 0 Å². The van der Waals surface area contributed by atoms with Crippen LogP contribution < -0.4 is 10.5 Å². The lowest BCUT2D eigenvalue weighted by Crippen LogP contribution is -2.36. The van der Waals surface area contributed by atoms with E-state index >= 15 is 0 Å². The van der Waals surface area contributed by atoms with Crippen molar-refractivity contribution in [1.82, 2.24) is 4.72 Å². The Kier molecular flexibility index (Phi) is 4.38. The van der Waals surface area contributed by atoms with Crippen molar-refractivity contribution in [2.24, 2.45) is 5.73 Å². The lowest BCUT2D eigenvalue weighted by atomic mass is 10.1. The molecule has 0 bridgehead atoms. The molecule has 1 aromatic heterocycles. The largest absolute Gasteiger partial charge is 0.326 e. The van der Waals surface area contributed by atoms with Gasteiger partial charge in [-0.05, 0) is 37.0 Å². The van der Waals surface area contributed by atoms with Gasteiger partial charge in [-0.1, -0.05) is 0 Å². The Hall–Kier alpha value is -0.0800. The van der Waals surface area contributed by atoms with E-state index in [0.29, 0.717) is 16.3 Å². The highest BCUT2D eigenvalue weighted by Gasteiger charge is 2.31. The van der Waals surface area contributed by atoms with Gasteiger partial charge in [-0.15, -0.1) is 11.3 Å². The maximum Gasteiger partial charge on any atom is 0.241 e. The summed E-state index contributed by atoms with van der Waals surface area (Å²) >= 11 is 3.23. The number of nitrogens with one attached hydrogen (secondary N) is 1. The molecule has 18 heavy (non-hydrogen) atoms. The summed E-state index contributed by atoms with van der Waals surface area (Å²) < 4.78 is 27.2. The second-order valence-electron chi connectivity index (χ2n) is 4.64. The van der Waals surface area contributed by atoms with Crippen molar-refractivity contribution >= 4 is 33.1 Å². The smallest absolute Gasteiger partial charge is 0.241 e. The van der Waals surface area contributed by atoms with Gasteiger partial charge in [-0.2, -0.15) is 11.8 Å². The maximum atomic E-state index is 12.2. The van der Waals surface area contributed by atoms with Crippen LogP contribution in [0.25, 0.3) is 0 Å². The van der Waals surface area contributed by atoms with Crippen molar-refractivity contribution in [3.8, 4) is 0 Å². The van der Waals surface area contributed by atoms with Gasteiger partial charge in [0.25, 0.3) is 0 Å². The second-order valence-corrected chi connectivity index (χ2v) is 9.06. The van der Waals surface area contributed by atoms with Crippen molar-refractivity contribution in [3.05, 3.63) is 16.3 Å². The van der Waals surface area contributed by atoms with E-state index in [0.717, 1.165) is 18.6 Å². The van der Waals surface area contributed by atoms with Crippen LogP contribution in [0, 0.1) is 0 Å². The molecule has 1 aliphatic heterocycles. The van der Waals surface area contributed by atoms with E-state index in [4.69, 9.17) is 5.73 Å². The van der Waals surface area contributed by atoms with Gasteiger partial charge in [-0.3, -0.25) is 0 Å². The van der Waals surface area contributed by atoms with E-state index in [1.54, 1.807) is 11.4 Å². The second kappa shape index (κ2) is 5.50. The van der Waals surface area contributed by atoms with Crippen molar-refractivity contribution in [2.45, 2.75) is 36.0 Å². The molecule has 1 aromatic rings. The molecular formula is C11H18N2O2S3. The number of nitrogens with two attached hydrogens (primary N) is 1. The molecule has 2 rings (SSSR count). The topological polar surface area (TPSA) is 72.2 Å². The number of rotatable bonds is 5. The standard InChI is InChI=1S/C11H18N2O2S3/c1-11(4-2-5-17-11)8-13-18(14,15)10-3-6-16-9(10)7-12/h3,6,13H,2,4-5,7-8,12H2,1H3. The lowest BCUT2D eigenvalue weighted by molar-refractivity contribution is 0.552. The van der Waals surface area contributed by atoms with Gasteiger partial charge in [0.1, 0.15) is 0 Å². The highest BCUT2D eigenvalue weighted by molar-refractivity contribution is 8.01. The molecule has 0 amide bonds. The zero-order valence-corrected chi connectivity index (χ0v) is 12.8. The van der Waals surface area contributed by atoms with Crippen molar-refractivity contribution in [3.63, 3.8) is 0 Å². The van der Waals surface area contributed by atoms with Crippen LogP contribution in [-0.2, 0) is 16.6 Å². The number of hydrogen-bond acceptors (Lipinski definition) is 5. The van der Waals surface area contributed by atoms with E-state index in [9.17, 15) is 8.42 Å². The fourth-order valence-electron chi connectivity index (χ4n) is 2.02. The van der Waals surface area contributed by atoms with Crippen LogP contribution in [-0.4, -0.2) is 25.5 Å². The Morgan fingerprint density at radius 3 is 2.94 bits per heavy atom. The van der Waals surface area contributed by atoms with Crippen LogP contribution in [0.2, 0.25) is 0 Å². The fourth-order valence-corrected chi connectivity index (χ4v) is 5.86. The average Bonchev–Trinajstić information content (AvgIpc) is 2.96. The van der Waals surface area contributed by atoms with Gasteiger partial charge < -0.3 is 5.73 Å². The molecule has 0 spiro atoms. The lowest BCUT2D eigenvalue weighted by Gasteiger charge is -2.22. The third-order valence-electron chi connectivity index (χ3n) is 3.12. The molecule has 2 heterocycles. The van der Waals surface area contributed by atoms with Gasteiger partial charge >= 0.3 is 0 Å². The molecule has 0 radical (unpaired) electrons. The molecule has 1 atom stereocenters. The first kappa shape index (κ1) is 14.3. The summed E-state index contributed by atoms with van der Waals surface area (Å²) in [6.45, 7) is 2.87. The number of thioether (sulfide) groups is 1. The predicted molar refractivity (Wildman–Crippen MR) is 77.5 cm³/mol. The summed E-state index contributed by atoms with van der Waals surface area (Å²) in [5.41, 5.74) is 5.55. The molecule has 3 N–H and O–H groups in total. The van der Waals surface area contributed by atoms with E-state index in [1.807, 2.05) is 11.8 Å². The minimum absolute atomic E-state index is 0.0337. The highest BCUT2D eigenvalue weighted by atomic mass is 32.2. The Balaban J connectivity index is 2.08. The molecule has 1 fully saturated rings. The summed E-state index contributed by atoms with van der Waals surface area (Å²) in [6.07, 6.45) is 2.23. The van der Waals surface area contributed by atoms with Crippen LogP contribution in [0.1, 0.15) is 24.6 Å². The molecule has 1 aliphatic rings. The first-order valence-corrected chi connectivity index (χ1v) is 9.22. The van der Waals surface area contributed by atoms with Crippen LogP contribution in [0.15, 0.2) is 16.3 Å². The minimum atomic E-state index is -3.42. The first-order chi connectivity index (χ1) is 8.47. The zero-order chi connectivity index (χ0) is 13.2. The van der Waals surface area contributed by atoms with Crippen molar-refractivity contribution < 1.29 is 8.42 Å². The van der Waals surface area contributed by atoms with Crippen molar-refractivity contribution in [2.75, 3.05) is 12.3 Å². The van der Waals surface area contributed by atoms with Crippen LogP contribution in [0.4, 0.5) is 0 Å². The van der Waals surface area contributed by atoms with Gasteiger partial charge in [0, 0.05) is 22.7 Å². The highest BCUT2D eigenvalue weighted by Crippen LogP contribution is 2.37. The molecule has 7 heteroatoms. The van der Waals surface area contributed by atoms with E-state index < -0.39 is 10.0 Å². The Morgan fingerprint density at radius 2 is 2.33 bits per heavy atom. The van der Waals surface area contributed by atoms with Gasteiger partial charge in [0.15, 0.2) is 0 Å².